The summed E-state index contributed by atoms with van der Waals surface area (Å²) >= 11 is 0. The number of carbonyl (C=O) groups excluding carboxylic acids is 2. The van der Waals surface area contributed by atoms with Gasteiger partial charge in [-0.1, -0.05) is 6.92 Å². The van der Waals surface area contributed by atoms with Gasteiger partial charge in [0.1, 0.15) is 36.4 Å². The van der Waals surface area contributed by atoms with Crippen LogP contribution in [0.2, 0.25) is 0 Å². The molecule has 0 bridgehead atoms. The van der Waals surface area contributed by atoms with Crippen molar-refractivity contribution in [3.05, 3.63) is 11.6 Å². The van der Waals surface area contributed by atoms with E-state index in [1.54, 1.807) is 0 Å². The average Bonchev–Trinajstić information content (AvgIpc) is 3.54. The first kappa shape index (κ1) is 28.1. The van der Waals surface area contributed by atoms with E-state index in [9.17, 15) is 40.2 Å². The van der Waals surface area contributed by atoms with Crippen LogP contribution in [0.4, 0.5) is 0 Å². The number of hydrogen-bond acceptors (Lipinski definition) is 12. The number of rotatable bonds is 3. The molecule has 12 nitrogen and oxygen atoms in total. The van der Waals surface area contributed by atoms with E-state index in [0.29, 0.717) is 25.7 Å². The molecule has 7 rings (SSSR count). The summed E-state index contributed by atoms with van der Waals surface area (Å²) < 4.78 is 22.7. The maximum atomic E-state index is 13.8. The van der Waals surface area contributed by atoms with E-state index in [-0.39, 0.29) is 31.8 Å². The predicted octanol–water partition coefficient (Wildman–Crippen LogP) is -0.943. The van der Waals surface area contributed by atoms with Crippen molar-refractivity contribution in [2.24, 2.45) is 28.6 Å². The van der Waals surface area contributed by atoms with Crippen molar-refractivity contribution in [1.29, 1.82) is 0 Å². The first-order valence-electron chi connectivity index (χ1n) is 14.8. The van der Waals surface area contributed by atoms with Gasteiger partial charge >= 0.3 is 11.9 Å². The van der Waals surface area contributed by atoms with Gasteiger partial charge in [-0.2, -0.15) is 0 Å². The topological polar surface area (TPSA) is 192 Å². The van der Waals surface area contributed by atoms with Gasteiger partial charge in [-0.15, -0.1) is 0 Å². The monoisotopic (exact) mass is 580 g/mol. The third-order valence-electron chi connectivity index (χ3n) is 12.2. The van der Waals surface area contributed by atoms with Crippen molar-refractivity contribution >= 4 is 11.9 Å². The summed E-state index contributed by atoms with van der Waals surface area (Å²) in [4.78, 5) is 25.7. The molecule has 6 fully saturated rings. The summed E-state index contributed by atoms with van der Waals surface area (Å²) in [6, 6.07) is 0. The van der Waals surface area contributed by atoms with Crippen LogP contribution in [-0.4, -0.2) is 109 Å². The second-order valence-corrected chi connectivity index (χ2v) is 13.9. The molecule has 4 aliphatic carbocycles. The lowest BCUT2D eigenvalue weighted by Gasteiger charge is -2.64. The summed E-state index contributed by atoms with van der Waals surface area (Å²) in [6.07, 6.45) is -5.91. The lowest BCUT2D eigenvalue weighted by atomic mass is 9.41. The Morgan fingerprint density at radius 1 is 1.00 bits per heavy atom. The maximum absolute atomic E-state index is 13.8. The lowest BCUT2D eigenvalue weighted by Crippen LogP contribution is -2.73. The highest BCUT2D eigenvalue weighted by molar-refractivity contribution is 5.85. The van der Waals surface area contributed by atoms with Crippen LogP contribution in [-0.2, 0) is 28.5 Å². The number of carbonyl (C=O) groups is 2. The number of aliphatic hydroxyl groups is 6. The van der Waals surface area contributed by atoms with Crippen molar-refractivity contribution in [1.82, 2.24) is 0 Å². The van der Waals surface area contributed by atoms with E-state index >= 15 is 0 Å². The molecular weight excluding hydrogens is 540 g/mol. The molecule has 1 spiro atoms. The predicted molar refractivity (Wildman–Crippen MR) is 135 cm³/mol. The second-order valence-electron chi connectivity index (χ2n) is 13.9. The fraction of sp³-hybridized carbons (Fsp3) is 0.862. The van der Waals surface area contributed by atoms with Crippen LogP contribution in [0.3, 0.4) is 0 Å². The molecule has 6 N–H and O–H groups in total. The molecule has 0 aromatic rings. The largest absolute Gasteiger partial charge is 0.461 e. The highest BCUT2D eigenvalue weighted by atomic mass is 16.7. The molecule has 0 amide bonds. The van der Waals surface area contributed by atoms with E-state index in [4.69, 9.17) is 18.9 Å². The van der Waals surface area contributed by atoms with E-state index in [2.05, 4.69) is 0 Å². The fourth-order valence-corrected chi connectivity index (χ4v) is 10.4. The highest BCUT2D eigenvalue weighted by Crippen LogP contribution is 2.73. The molecule has 15 atom stereocenters. The van der Waals surface area contributed by atoms with Gasteiger partial charge in [-0.25, -0.2) is 4.79 Å². The number of cyclic esters (lactones) is 1. The van der Waals surface area contributed by atoms with Gasteiger partial charge in [0.15, 0.2) is 6.29 Å². The zero-order chi connectivity index (χ0) is 29.3. The van der Waals surface area contributed by atoms with Gasteiger partial charge in [-0.3, -0.25) is 4.79 Å². The maximum Gasteiger partial charge on any atom is 0.331 e. The van der Waals surface area contributed by atoms with Crippen LogP contribution in [0.1, 0.15) is 58.8 Å². The van der Waals surface area contributed by atoms with Crippen LogP contribution in [0, 0.1) is 28.6 Å². The number of aliphatic hydroxyl groups excluding tert-OH is 4. The molecule has 7 aliphatic rings. The molecule has 3 heterocycles. The molecular formula is C29H40O12. The van der Waals surface area contributed by atoms with Crippen molar-refractivity contribution in [2.75, 3.05) is 6.61 Å². The standard InChI is InChI=1S/C29H40O12/c1-12-21(32)22(33)23(34)24(39-12)40-14-8-18(30)29-20-16(3-5-27(29,36)9-14)28(37)6-4-15(13-7-19(31)38-11-13)26(28,2)10-17(20)41-25(29)35/h7,12,14-18,20-24,30,32-34,36-37H,3-6,8-11H2,1-2H3/t12-,14+,15-,16-,17-,18+,20-,21+,22+,23+,24-,26-,27+,28-,29-/m1/s1. The number of ether oxygens (including phenoxy) is 4. The Bertz CT molecular complexity index is 1170. The molecule has 12 heteroatoms. The summed E-state index contributed by atoms with van der Waals surface area (Å²) in [5, 5.41) is 67.1. The summed E-state index contributed by atoms with van der Waals surface area (Å²) in [5.74, 6) is -2.23. The first-order valence-corrected chi connectivity index (χ1v) is 14.8. The number of hydrogen-bond donors (Lipinski definition) is 6. The van der Waals surface area contributed by atoms with Gasteiger partial charge < -0.3 is 49.6 Å². The van der Waals surface area contributed by atoms with Gasteiger partial charge in [-0.05, 0) is 56.4 Å². The Balaban J connectivity index is 1.19. The number of esters is 2. The normalized spacial score (nSPS) is 57.8. The van der Waals surface area contributed by atoms with E-state index in [1.807, 2.05) is 6.92 Å². The molecule has 228 valence electrons. The van der Waals surface area contributed by atoms with E-state index in [0.717, 1.165) is 5.57 Å². The van der Waals surface area contributed by atoms with Gasteiger partial charge in [0.25, 0.3) is 0 Å². The minimum atomic E-state index is -1.71. The quantitative estimate of drug-likeness (QED) is 0.178. The minimum Gasteiger partial charge on any atom is -0.461 e. The smallest absolute Gasteiger partial charge is 0.331 e. The molecule has 4 saturated carbocycles. The molecule has 0 aromatic carbocycles. The molecule has 0 unspecified atom stereocenters. The first-order chi connectivity index (χ1) is 19.3. The molecule has 2 saturated heterocycles. The molecule has 0 aromatic heterocycles. The van der Waals surface area contributed by atoms with Crippen LogP contribution < -0.4 is 0 Å². The SMILES string of the molecule is C[C@H]1O[C@H](O[C@H]2C[C@H](O)[C@@]34C(=O)O[C@@H]5C[C@]6(C)[C@@H](C7=CC(=O)OC7)CC[C@@]6(O)[C@H](CC[C@]3(O)C2)[C@H]54)[C@@H](O)[C@@H](O)[C@H]1O. The summed E-state index contributed by atoms with van der Waals surface area (Å²) in [6.45, 7) is 3.71. The van der Waals surface area contributed by atoms with Crippen LogP contribution in [0.5, 0.6) is 0 Å². The fourth-order valence-electron chi connectivity index (χ4n) is 10.4. The lowest BCUT2D eigenvalue weighted by molar-refractivity contribution is -0.324. The van der Waals surface area contributed by atoms with E-state index in [1.165, 1.54) is 13.0 Å². The molecule has 3 aliphatic heterocycles. The van der Waals surface area contributed by atoms with Crippen LogP contribution in [0.15, 0.2) is 11.6 Å². The van der Waals surface area contributed by atoms with Gasteiger partial charge in [0.2, 0.25) is 0 Å². The number of fused-ring (bicyclic) bond motifs is 2. The Hall–Kier alpha value is -1.64. The van der Waals surface area contributed by atoms with E-state index < -0.39 is 94.8 Å². The Labute approximate surface area is 237 Å². The van der Waals surface area contributed by atoms with Crippen molar-refractivity contribution in [3.63, 3.8) is 0 Å². The molecule has 0 radical (unpaired) electrons. The van der Waals surface area contributed by atoms with Crippen molar-refractivity contribution in [3.8, 4) is 0 Å². The summed E-state index contributed by atoms with van der Waals surface area (Å²) in [7, 11) is 0. The van der Waals surface area contributed by atoms with Gasteiger partial charge in [0, 0.05) is 30.3 Å². The minimum absolute atomic E-state index is 0.0423. The zero-order valence-electron chi connectivity index (χ0n) is 23.2. The Morgan fingerprint density at radius 2 is 1.76 bits per heavy atom. The average molecular weight is 581 g/mol. The van der Waals surface area contributed by atoms with Crippen molar-refractivity contribution in [2.45, 2.75) is 119 Å². The van der Waals surface area contributed by atoms with Crippen molar-refractivity contribution < 1.29 is 59.2 Å². The Morgan fingerprint density at radius 3 is 2.46 bits per heavy atom. The highest BCUT2D eigenvalue weighted by Gasteiger charge is 2.81. The van der Waals surface area contributed by atoms with Crippen LogP contribution >= 0.6 is 0 Å². The summed E-state index contributed by atoms with van der Waals surface area (Å²) in [5.41, 5.74) is -4.41. The third-order valence-corrected chi connectivity index (χ3v) is 12.2. The third kappa shape index (κ3) is 3.44. The Kier molecular flexibility index (Phi) is 6.14. The molecule has 41 heavy (non-hydrogen) atoms. The zero-order valence-corrected chi connectivity index (χ0v) is 23.2. The van der Waals surface area contributed by atoms with Gasteiger partial charge in [0.05, 0.1) is 29.5 Å². The van der Waals surface area contributed by atoms with Crippen LogP contribution in [0.25, 0.3) is 0 Å². The second kappa shape index (κ2) is 8.95.